The molecule has 0 radical (unpaired) electrons. The summed E-state index contributed by atoms with van der Waals surface area (Å²) in [4.78, 5) is 31.1. The average Bonchev–Trinajstić information content (AvgIpc) is 3.20. The Morgan fingerprint density at radius 2 is 1.86 bits per heavy atom. The predicted molar refractivity (Wildman–Crippen MR) is 115 cm³/mol. The van der Waals surface area contributed by atoms with Crippen LogP contribution in [0.25, 0.3) is 16.9 Å². The Labute approximate surface area is 168 Å². The van der Waals surface area contributed by atoms with E-state index in [1.165, 1.54) is 9.13 Å². The lowest BCUT2D eigenvalue weighted by Crippen LogP contribution is -2.39. The van der Waals surface area contributed by atoms with Gasteiger partial charge in [0.05, 0.1) is 6.54 Å². The molecule has 7 nitrogen and oxygen atoms in total. The number of benzene rings is 1. The van der Waals surface area contributed by atoms with E-state index in [-0.39, 0.29) is 23.8 Å². The number of hydrogen-bond donors (Lipinski definition) is 0. The van der Waals surface area contributed by atoms with E-state index < -0.39 is 0 Å². The second-order valence-corrected chi connectivity index (χ2v) is 8.01. The maximum atomic E-state index is 13.4. The molecule has 152 valence electrons. The summed E-state index contributed by atoms with van der Waals surface area (Å²) < 4.78 is 6.75. The minimum Gasteiger partial charge on any atom is -0.311 e. The number of fused-ring (bicyclic) bond motifs is 3. The van der Waals surface area contributed by atoms with Gasteiger partial charge in [0.1, 0.15) is 0 Å². The zero-order chi connectivity index (χ0) is 21.0. The monoisotopic (exact) mass is 393 g/mol. The molecular formula is C22H27N5O2. The SMILES string of the molecule is CCC(C)n1c(C)cn2c3c(=O)n(Cc4cc(C)ccc4C)c(=O)n(C)c3nc12. The fraction of sp³-hybridized carbons (Fsp3) is 0.409. The Balaban J connectivity index is 2.03. The molecule has 1 aromatic carbocycles. The number of imidazole rings is 2. The Bertz CT molecular complexity index is 1370. The Morgan fingerprint density at radius 3 is 2.55 bits per heavy atom. The topological polar surface area (TPSA) is 66.2 Å². The van der Waals surface area contributed by atoms with Gasteiger partial charge in [-0.1, -0.05) is 30.7 Å². The smallest absolute Gasteiger partial charge is 0.311 e. The van der Waals surface area contributed by atoms with Gasteiger partial charge in [0.15, 0.2) is 11.2 Å². The summed E-state index contributed by atoms with van der Waals surface area (Å²) in [6.45, 7) is 10.5. The maximum Gasteiger partial charge on any atom is 0.332 e. The molecule has 0 fully saturated rings. The highest BCUT2D eigenvalue weighted by Crippen LogP contribution is 2.22. The van der Waals surface area contributed by atoms with E-state index >= 15 is 0 Å². The van der Waals surface area contributed by atoms with Crippen LogP contribution in [-0.4, -0.2) is 23.1 Å². The summed E-state index contributed by atoms with van der Waals surface area (Å²) in [5, 5.41) is 0. The first-order valence-corrected chi connectivity index (χ1v) is 10.00. The highest BCUT2D eigenvalue weighted by molar-refractivity contribution is 5.75. The van der Waals surface area contributed by atoms with E-state index in [4.69, 9.17) is 0 Å². The summed E-state index contributed by atoms with van der Waals surface area (Å²) in [5.41, 5.74) is 4.37. The van der Waals surface area contributed by atoms with E-state index in [1.54, 1.807) is 7.05 Å². The van der Waals surface area contributed by atoms with Gasteiger partial charge in [0, 0.05) is 25.0 Å². The van der Waals surface area contributed by atoms with E-state index in [1.807, 2.05) is 49.6 Å². The van der Waals surface area contributed by atoms with Crippen molar-refractivity contribution in [2.75, 3.05) is 0 Å². The van der Waals surface area contributed by atoms with Crippen LogP contribution in [-0.2, 0) is 13.6 Å². The molecule has 29 heavy (non-hydrogen) atoms. The first-order valence-electron chi connectivity index (χ1n) is 10.00. The molecule has 1 unspecified atom stereocenters. The van der Waals surface area contributed by atoms with Crippen molar-refractivity contribution < 1.29 is 0 Å². The van der Waals surface area contributed by atoms with Crippen LogP contribution in [0.15, 0.2) is 34.0 Å². The van der Waals surface area contributed by atoms with Crippen LogP contribution in [0.4, 0.5) is 0 Å². The van der Waals surface area contributed by atoms with Gasteiger partial charge in [-0.3, -0.25) is 18.3 Å². The van der Waals surface area contributed by atoms with Gasteiger partial charge in [-0.05, 0) is 45.2 Å². The van der Waals surface area contributed by atoms with Crippen LogP contribution < -0.4 is 11.2 Å². The molecule has 4 aromatic rings. The molecule has 0 aliphatic rings. The van der Waals surface area contributed by atoms with E-state index in [2.05, 4.69) is 23.4 Å². The highest BCUT2D eigenvalue weighted by atomic mass is 16.2. The van der Waals surface area contributed by atoms with Gasteiger partial charge < -0.3 is 4.57 Å². The molecule has 7 heteroatoms. The molecule has 0 N–H and O–H groups in total. The molecule has 1 atom stereocenters. The highest BCUT2D eigenvalue weighted by Gasteiger charge is 2.21. The standard InChI is InChI=1S/C22H27N5O2/c1-7-15(4)27-16(5)11-25-18-19(23-21(25)27)24(6)22(29)26(20(18)28)12-17-10-13(2)8-9-14(17)3/h8-11,15H,7,12H2,1-6H3. The summed E-state index contributed by atoms with van der Waals surface area (Å²) in [6, 6.07) is 6.33. The lowest BCUT2D eigenvalue weighted by atomic mass is 10.1. The Kier molecular flexibility index (Phi) is 4.48. The molecule has 0 saturated carbocycles. The van der Waals surface area contributed by atoms with Crippen molar-refractivity contribution in [3.05, 3.63) is 67.6 Å². The van der Waals surface area contributed by atoms with Gasteiger partial charge >= 0.3 is 5.69 Å². The minimum atomic E-state index is -0.351. The largest absolute Gasteiger partial charge is 0.332 e. The normalized spacial score (nSPS) is 12.9. The number of hydrogen-bond acceptors (Lipinski definition) is 3. The summed E-state index contributed by atoms with van der Waals surface area (Å²) in [5.74, 6) is 0.698. The molecule has 0 aliphatic heterocycles. The first-order chi connectivity index (χ1) is 13.7. The maximum absolute atomic E-state index is 13.4. The van der Waals surface area contributed by atoms with Gasteiger partial charge in [-0.2, -0.15) is 4.98 Å². The van der Waals surface area contributed by atoms with Crippen LogP contribution in [0.3, 0.4) is 0 Å². The van der Waals surface area contributed by atoms with E-state index in [0.717, 1.165) is 28.8 Å². The molecule has 0 aliphatic carbocycles. The summed E-state index contributed by atoms with van der Waals surface area (Å²) in [6.07, 6.45) is 2.88. The first kappa shape index (κ1) is 19.2. The lowest BCUT2D eigenvalue weighted by molar-refractivity contribution is 0.532. The Morgan fingerprint density at radius 1 is 1.14 bits per heavy atom. The van der Waals surface area contributed by atoms with Gasteiger partial charge in [0.2, 0.25) is 5.78 Å². The molecule has 0 bridgehead atoms. The second kappa shape index (κ2) is 6.76. The third kappa shape index (κ3) is 2.84. The van der Waals surface area contributed by atoms with Crippen LogP contribution in [0.5, 0.6) is 0 Å². The molecular weight excluding hydrogens is 366 g/mol. The van der Waals surface area contributed by atoms with Crippen LogP contribution in [0.1, 0.15) is 48.7 Å². The van der Waals surface area contributed by atoms with Crippen molar-refractivity contribution >= 4 is 16.9 Å². The van der Waals surface area contributed by atoms with Crippen LogP contribution in [0.2, 0.25) is 0 Å². The third-order valence-electron chi connectivity index (χ3n) is 5.93. The van der Waals surface area contributed by atoms with Crippen molar-refractivity contribution in [2.24, 2.45) is 7.05 Å². The fourth-order valence-corrected chi connectivity index (χ4v) is 4.03. The number of aryl methyl sites for hydroxylation is 4. The summed E-state index contributed by atoms with van der Waals surface area (Å²) >= 11 is 0. The van der Waals surface area contributed by atoms with Crippen molar-refractivity contribution in [1.29, 1.82) is 0 Å². The molecule has 3 heterocycles. The quantitative estimate of drug-likeness (QED) is 0.535. The van der Waals surface area contributed by atoms with Crippen molar-refractivity contribution in [3.8, 4) is 0 Å². The molecule has 0 saturated heterocycles. The van der Waals surface area contributed by atoms with E-state index in [0.29, 0.717) is 16.9 Å². The molecule has 0 amide bonds. The number of aromatic nitrogens is 5. The predicted octanol–water partition coefficient (Wildman–Crippen LogP) is 3.09. The zero-order valence-electron chi connectivity index (χ0n) is 17.9. The van der Waals surface area contributed by atoms with Gasteiger partial charge in [-0.15, -0.1) is 0 Å². The number of rotatable bonds is 4. The van der Waals surface area contributed by atoms with Gasteiger partial charge in [0.25, 0.3) is 5.56 Å². The number of nitrogens with zero attached hydrogens (tertiary/aromatic N) is 5. The van der Waals surface area contributed by atoms with Crippen LogP contribution >= 0.6 is 0 Å². The molecule has 4 rings (SSSR count). The third-order valence-corrected chi connectivity index (χ3v) is 5.93. The van der Waals surface area contributed by atoms with E-state index in [9.17, 15) is 9.59 Å². The Hall–Kier alpha value is -3.09. The average molecular weight is 393 g/mol. The van der Waals surface area contributed by atoms with Crippen molar-refractivity contribution in [2.45, 2.75) is 53.6 Å². The summed E-state index contributed by atoms with van der Waals surface area (Å²) in [7, 11) is 1.68. The molecule has 0 spiro atoms. The van der Waals surface area contributed by atoms with Crippen molar-refractivity contribution in [1.82, 2.24) is 23.1 Å². The molecule has 3 aromatic heterocycles. The lowest BCUT2D eigenvalue weighted by Gasteiger charge is -2.12. The second-order valence-electron chi connectivity index (χ2n) is 8.01. The van der Waals surface area contributed by atoms with Crippen molar-refractivity contribution in [3.63, 3.8) is 0 Å². The van der Waals surface area contributed by atoms with Crippen LogP contribution in [0, 0.1) is 20.8 Å². The minimum absolute atomic E-state index is 0.243. The fourth-order valence-electron chi connectivity index (χ4n) is 4.03. The zero-order valence-corrected chi connectivity index (χ0v) is 17.9. The van der Waals surface area contributed by atoms with Gasteiger partial charge in [-0.25, -0.2) is 4.79 Å².